The molecule has 0 unspecified atom stereocenters. The lowest BCUT2D eigenvalue weighted by Crippen LogP contribution is -2.28. The van der Waals surface area contributed by atoms with Crippen molar-refractivity contribution in [3.8, 4) is 17.2 Å². The van der Waals surface area contributed by atoms with Gasteiger partial charge in [-0.05, 0) is 46.8 Å². The van der Waals surface area contributed by atoms with Gasteiger partial charge < -0.3 is 14.8 Å². The van der Waals surface area contributed by atoms with E-state index in [9.17, 15) is 9.59 Å². The molecule has 2 amide bonds. The zero-order chi connectivity index (χ0) is 31.9. The zero-order valence-corrected chi connectivity index (χ0v) is 27.0. The van der Waals surface area contributed by atoms with Gasteiger partial charge in [-0.2, -0.15) is 5.10 Å². The van der Waals surface area contributed by atoms with Crippen molar-refractivity contribution in [1.82, 2.24) is 25.1 Å². The van der Waals surface area contributed by atoms with Gasteiger partial charge in [-0.3, -0.25) is 14.2 Å². The van der Waals surface area contributed by atoms with Crippen LogP contribution in [0.4, 0.5) is 0 Å². The van der Waals surface area contributed by atoms with Gasteiger partial charge in [0.15, 0.2) is 11.0 Å². The van der Waals surface area contributed by atoms with Crippen LogP contribution in [0.25, 0.3) is 5.69 Å². The quantitative estimate of drug-likeness (QED) is 0.173. The number of hydrazone groups is 1. The van der Waals surface area contributed by atoms with E-state index >= 15 is 0 Å². The number of nitrogens with zero attached hydrogens (tertiary/aromatic N) is 5. The SMILES string of the molecule is COc1ccc([C@@H]2CC(c3cccs3)=NN2C(=O)CSc2nnc(CNC(=O)Cc3ccccc3)n2-c2ccccc2OC)cc1. The third-order valence-electron chi connectivity index (χ3n) is 7.47. The molecule has 0 bridgehead atoms. The number of nitrogens with one attached hydrogen (secondary N) is 1. The Hall–Kier alpha value is -4.94. The van der Waals surface area contributed by atoms with Crippen molar-refractivity contribution in [1.29, 1.82) is 0 Å². The standard InChI is InChI=1S/C34H32N6O4S2/c1-43-25-16-14-24(15-17-25)28-20-26(30-13-8-18-45-30)38-40(28)33(42)22-46-34-37-36-31(39(34)27-11-6-7-12-29(27)44-2)21-35-32(41)19-23-9-4-3-5-10-23/h3-18,28H,19-22H2,1-2H3,(H,35,41)/t28-/m0/s1. The van der Waals surface area contributed by atoms with Gasteiger partial charge in [0.2, 0.25) is 5.91 Å². The smallest absolute Gasteiger partial charge is 0.253 e. The average molecular weight is 653 g/mol. The summed E-state index contributed by atoms with van der Waals surface area (Å²) in [4.78, 5) is 27.6. The number of thioether (sulfide) groups is 1. The molecular weight excluding hydrogens is 621 g/mol. The minimum atomic E-state index is -0.251. The molecule has 1 N–H and O–H groups in total. The molecule has 234 valence electrons. The number of rotatable bonds is 12. The third-order valence-corrected chi connectivity index (χ3v) is 9.31. The van der Waals surface area contributed by atoms with Crippen LogP contribution in [-0.2, 0) is 22.6 Å². The summed E-state index contributed by atoms with van der Waals surface area (Å²) < 4.78 is 12.8. The maximum absolute atomic E-state index is 13.8. The Kier molecular flexibility index (Phi) is 9.75. The lowest BCUT2D eigenvalue weighted by atomic mass is 10.0. The zero-order valence-electron chi connectivity index (χ0n) is 25.3. The number of methoxy groups -OCH3 is 2. The molecule has 0 fully saturated rings. The fourth-order valence-electron chi connectivity index (χ4n) is 5.20. The Bertz CT molecular complexity index is 1820. The first-order valence-corrected chi connectivity index (χ1v) is 16.5. The van der Waals surface area contributed by atoms with Gasteiger partial charge in [0.05, 0.1) is 55.3 Å². The van der Waals surface area contributed by atoms with Crippen LogP contribution in [0.1, 0.15) is 34.3 Å². The summed E-state index contributed by atoms with van der Waals surface area (Å²) >= 11 is 2.86. The molecule has 6 rings (SSSR count). The number of para-hydroxylation sites is 2. The number of carbonyl (C=O) groups is 2. The van der Waals surface area contributed by atoms with Crippen molar-refractivity contribution in [2.24, 2.45) is 5.10 Å². The summed E-state index contributed by atoms with van der Waals surface area (Å²) in [5.74, 6) is 1.64. The second-order valence-electron chi connectivity index (χ2n) is 10.4. The molecule has 3 heterocycles. The van der Waals surface area contributed by atoms with Gasteiger partial charge in [-0.1, -0.05) is 72.4 Å². The number of hydrogen-bond donors (Lipinski definition) is 1. The van der Waals surface area contributed by atoms with Gasteiger partial charge >= 0.3 is 0 Å². The van der Waals surface area contributed by atoms with Crippen molar-refractivity contribution in [2.45, 2.75) is 30.6 Å². The van der Waals surface area contributed by atoms with Crippen LogP contribution in [0.2, 0.25) is 0 Å². The van der Waals surface area contributed by atoms with Crippen LogP contribution in [0.3, 0.4) is 0 Å². The van der Waals surface area contributed by atoms with E-state index < -0.39 is 0 Å². The Morgan fingerprint density at radius 1 is 0.935 bits per heavy atom. The first-order valence-electron chi connectivity index (χ1n) is 14.6. The van der Waals surface area contributed by atoms with E-state index in [1.54, 1.807) is 30.6 Å². The number of aromatic nitrogens is 3. The average Bonchev–Trinajstić information content (AvgIpc) is 3.87. The van der Waals surface area contributed by atoms with Crippen LogP contribution >= 0.6 is 23.1 Å². The summed E-state index contributed by atoms with van der Waals surface area (Å²) in [5.41, 5.74) is 3.47. The Morgan fingerprint density at radius 3 is 2.46 bits per heavy atom. The molecule has 1 atom stereocenters. The highest BCUT2D eigenvalue weighted by Crippen LogP contribution is 2.36. The third kappa shape index (κ3) is 6.98. The summed E-state index contributed by atoms with van der Waals surface area (Å²) in [6.07, 6.45) is 0.854. The molecule has 0 spiro atoms. The number of benzene rings is 3. The van der Waals surface area contributed by atoms with Crippen LogP contribution in [0.5, 0.6) is 11.5 Å². The van der Waals surface area contributed by atoms with E-state index in [0.29, 0.717) is 28.8 Å². The van der Waals surface area contributed by atoms with E-state index in [2.05, 4.69) is 15.5 Å². The lowest BCUT2D eigenvalue weighted by molar-refractivity contribution is -0.130. The second kappa shape index (κ2) is 14.4. The maximum atomic E-state index is 13.8. The molecule has 1 aliphatic heterocycles. The predicted octanol–water partition coefficient (Wildman–Crippen LogP) is 5.67. The van der Waals surface area contributed by atoms with Crippen molar-refractivity contribution in [2.75, 3.05) is 20.0 Å². The number of carbonyl (C=O) groups excluding carboxylic acids is 2. The molecule has 0 radical (unpaired) electrons. The van der Waals surface area contributed by atoms with E-state index in [4.69, 9.17) is 14.6 Å². The van der Waals surface area contributed by atoms with E-state index in [1.165, 1.54) is 11.8 Å². The summed E-state index contributed by atoms with van der Waals surface area (Å²) in [7, 11) is 3.22. The number of amides is 2. The van der Waals surface area contributed by atoms with Crippen LogP contribution < -0.4 is 14.8 Å². The molecule has 12 heteroatoms. The highest BCUT2D eigenvalue weighted by atomic mass is 32.2. The monoisotopic (exact) mass is 652 g/mol. The largest absolute Gasteiger partial charge is 0.497 e. The van der Waals surface area contributed by atoms with Crippen LogP contribution in [0, 0.1) is 0 Å². The Balaban J connectivity index is 1.23. The number of ether oxygens (including phenoxy) is 2. The molecule has 0 saturated carbocycles. The predicted molar refractivity (Wildman–Crippen MR) is 179 cm³/mol. The van der Waals surface area contributed by atoms with E-state index in [0.717, 1.165) is 27.5 Å². The van der Waals surface area contributed by atoms with Gasteiger partial charge in [0, 0.05) is 6.42 Å². The maximum Gasteiger partial charge on any atom is 0.253 e. The molecule has 10 nitrogen and oxygen atoms in total. The minimum Gasteiger partial charge on any atom is -0.497 e. The Morgan fingerprint density at radius 2 is 1.72 bits per heavy atom. The lowest BCUT2D eigenvalue weighted by Gasteiger charge is -2.22. The van der Waals surface area contributed by atoms with Crippen molar-refractivity contribution >= 4 is 40.6 Å². The molecule has 1 aliphatic rings. The van der Waals surface area contributed by atoms with Gasteiger partial charge in [0.1, 0.15) is 11.5 Å². The molecule has 5 aromatic rings. The minimum absolute atomic E-state index is 0.0710. The fourth-order valence-corrected chi connectivity index (χ4v) is 6.73. The van der Waals surface area contributed by atoms with Gasteiger partial charge in [-0.25, -0.2) is 5.01 Å². The highest BCUT2D eigenvalue weighted by molar-refractivity contribution is 7.99. The fraction of sp³-hybridized carbons (Fsp3) is 0.206. The van der Waals surface area contributed by atoms with Gasteiger partial charge in [0.25, 0.3) is 5.91 Å². The second-order valence-corrected chi connectivity index (χ2v) is 12.3. The highest BCUT2D eigenvalue weighted by Gasteiger charge is 2.34. The topological polar surface area (TPSA) is 111 Å². The normalized spacial score (nSPS) is 14.2. The number of hydrogen-bond acceptors (Lipinski definition) is 9. The Labute approximate surface area is 275 Å². The molecule has 3 aromatic carbocycles. The summed E-state index contributed by atoms with van der Waals surface area (Å²) in [5, 5.41) is 20.7. The van der Waals surface area contributed by atoms with Crippen LogP contribution in [-0.4, -0.2) is 57.3 Å². The molecule has 2 aromatic heterocycles. The molecule has 0 saturated heterocycles. The number of thiophene rings is 1. The van der Waals surface area contributed by atoms with Crippen LogP contribution in [0.15, 0.2) is 107 Å². The van der Waals surface area contributed by atoms with Crippen molar-refractivity contribution < 1.29 is 19.1 Å². The molecule has 46 heavy (non-hydrogen) atoms. The van der Waals surface area contributed by atoms with Gasteiger partial charge in [-0.15, -0.1) is 21.5 Å². The van der Waals surface area contributed by atoms with E-state index in [-0.39, 0.29) is 36.6 Å². The molecular formula is C34H32N6O4S2. The first kappa shape index (κ1) is 31.1. The molecule has 0 aliphatic carbocycles. The first-order chi connectivity index (χ1) is 22.5. The summed E-state index contributed by atoms with van der Waals surface area (Å²) in [6, 6.07) is 28.5. The van der Waals surface area contributed by atoms with E-state index in [1.807, 2.05) is 101 Å². The summed E-state index contributed by atoms with van der Waals surface area (Å²) in [6.45, 7) is 0.144. The van der Waals surface area contributed by atoms with Crippen molar-refractivity contribution in [3.05, 3.63) is 118 Å². The van der Waals surface area contributed by atoms with Crippen molar-refractivity contribution in [3.63, 3.8) is 0 Å².